The van der Waals surface area contributed by atoms with Crippen molar-refractivity contribution in [3.8, 4) is 0 Å². The second kappa shape index (κ2) is 5.66. The second-order valence-corrected chi connectivity index (χ2v) is 5.76. The molecule has 1 atom stereocenters. The van der Waals surface area contributed by atoms with E-state index in [1.165, 1.54) is 4.88 Å². The van der Waals surface area contributed by atoms with E-state index < -0.39 is 0 Å². The van der Waals surface area contributed by atoms with Crippen LogP contribution in [-0.4, -0.2) is 25.0 Å². The molecular weight excluding hydrogens is 244 g/mol. The van der Waals surface area contributed by atoms with Crippen molar-refractivity contribution in [1.82, 2.24) is 10.6 Å². The molecule has 1 aromatic heterocycles. The van der Waals surface area contributed by atoms with E-state index in [4.69, 9.17) is 11.6 Å². The molecule has 16 heavy (non-hydrogen) atoms. The third-order valence-corrected chi connectivity index (χ3v) is 3.94. The molecule has 2 N–H and O–H groups in total. The maximum absolute atomic E-state index is 11.0. The van der Waals surface area contributed by atoms with Crippen LogP contribution in [0.2, 0.25) is 4.34 Å². The van der Waals surface area contributed by atoms with Crippen molar-refractivity contribution in [3.05, 3.63) is 21.3 Å². The van der Waals surface area contributed by atoms with Crippen molar-refractivity contribution in [3.63, 3.8) is 0 Å². The number of hydrogen-bond donors (Lipinski definition) is 2. The van der Waals surface area contributed by atoms with Gasteiger partial charge in [0.25, 0.3) is 0 Å². The topological polar surface area (TPSA) is 41.1 Å². The van der Waals surface area contributed by atoms with Gasteiger partial charge in [-0.25, -0.2) is 0 Å². The van der Waals surface area contributed by atoms with Gasteiger partial charge >= 0.3 is 0 Å². The normalized spacial score (nSPS) is 20.1. The standard InChI is InChI=1S/C11H15ClN2OS/c12-10-3-2-9(16-10)5-6-13-7-8-1-4-11(15)14-8/h2-3,8,13H,1,4-7H2,(H,14,15). The molecule has 1 unspecified atom stereocenters. The van der Waals surface area contributed by atoms with Crippen LogP contribution in [0.4, 0.5) is 0 Å². The van der Waals surface area contributed by atoms with Crippen LogP contribution < -0.4 is 10.6 Å². The van der Waals surface area contributed by atoms with Gasteiger partial charge < -0.3 is 10.6 Å². The Bertz CT molecular complexity index is 367. The average molecular weight is 259 g/mol. The first-order valence-electron chi connectivity index (χ1n) is 5.48. The molecular formula is C11H15ClN2OS. The molecule has 1 fully saturated rings. The number of halogens is 1. The van der Waals surface area contributed by atoms with E-state index in [9.17, 15) is 4.79 Å². The minimum atomic E-state index is 0.178. The monoisotopic (exact) mass is 258 g/mol. The maximum atomic E-state index is 11.0. The van der Waals surface area contributed by atoms with Crippen molar-refractivity contribution in [2.24, 2.45) is 0 Å². The van der Waals surface area contributed by atoms with E-state index in [1.807, 2.05) is 6.07 Å². The van der Waals surface area contributed by atoms with Crippen molar-refractivity contribution in [1.29, 1.82) is 0 Å². The first kappa shape index (κ1) is 11.9. The first-order chi connectivity index (χ1) is 7.74. The number of thiophene rings is 1. The number of amides is 1. The fourth-order valence-electron chi connectivity index (χ4n) is 1.80. The van der Waals surface area contributed by atoms with Crippen LogP contribution in [0.15, 0.2) is 12.1 Å². The Morgan fingerprint density at radius 3 is 3.06 bits per heavy atom. The fourth-order valence-corrected chi connectivity index (χ4v) is 2.89. The van der Waals surface area contributed by atoms with Gasteiger partial charge in [-0.2, -0.15) is 0 Å². The molecule has 88 valence electrons. The molecule has 0 saturated carbocycles. The van der Waals surface area contributed by atoms with E-state index in [1.54, 1.807) is 11.3 Å². The molecule has 0 bridgehead atoms. The molecule has 1 saturated heterocycles. The quantitative estimate of drug-likeness (QED) is 0.791. The van der Waals surface area contributed by atoms with E-state index in [0.29, 0.717) is 12.5 Å². The largest absolute Gasteiger partial charge is 0.352 e. The molecule has 0 spiro atoms. The van der Waals surface area contributed by atoms with Crippen molar-refractivity contribution in [2.75, 3.05) is 13.1 Å². The highest BCUT2D eigenvalue weighted by Crippen LogP contribution is 2.21. The van der Waals surface area contributed by atoms with Gasteiger partial charge in [0, 0.05) is 30.4 Å². The Kier molecular flexibility index (Phi) is 4.21. The predicted octanol–water partition coefficient (Wildman–Crippen LogP) is 1.81. The lowest BCUT2D eigenvalue weighted by Gasteiger charge is -2.10. The summed E-state index contributed by atoms with van der Waals surface area (Å²) in [7, 11) is 0. The highest BCUT2D eigenvalue weighted by molar-refractivity contribution is 7.16. The SMILES string of the molecule is O=C1CCC(CNCCc2ccc(Cl)s2)N1. The van der Waals surface area contributed by atoms with Crippen LogP contribution in [0.5, 0.6) is 0 Å². The Labute approximate surface area is 104 Å². The number of hydrogen-bond acceptors (Lipinski definition) is 3. The predicted molar refractivity (Wildman–Crippen MR) is 67.1 cm³/mol. The van der Waals surface area contributed by atoms with E-state index in [-0.39, 0.29) is 5.91 Å². The van der Waals surface area contributed by atoms with Crippen LogP contribution in [0.25, 0.3) is 0 Å². The Hall–Kier alpha value is -0.580. The zero-order chi connectivity index (χ0) is 11.4. The number of carbonyl (C=O) groups is 1. The maximum Gasteiger partial charge on any atom is 0.220 e. The van der Waals surface area contributed by atoms with Gasteiger partial charge in [0.1, 0.15) is 0 Å². The van der Waals surface area contributed by atoms with Crippen LogP contribution in [0.3, 0.4) is 0 Å². The summed E-state index contributed by atoms with van der Waals surface area (Å²) in [5, 5.41) is 6.29. The van der Waals surface area contributed by atoms with Crippen LogP contribution in [0.1, 0.15) is 17.7 Å². The molecule has 0 aromatic carbocycles. The molecule has 1 aliphatic rings. The van der Waals surface area contributed by atoms with Crippen LogP contribution >= 0.6 is 22.9 Å². The van der Waals surface area contributed by atoms with Gasteiger partial charge in [-0.3, -0.25) is 4.79 Å². The van der Waals surface area contributed by atoms with E-state index in [2.05, 4.69) is 16.7 Å². The molecule has 3 nitrogen and oxygen atoms in total. The Morgan fingerprint density at radius 2 is 2.44 bits per heavy atom. The summed E-state index contributed by atoms with van der Waals surface area (Å²) in [6.07, 6.45) is 2.63. The van der Waals surface area contributed by atoms with Gasteiger partial charge in [0.2, 0.25) is 5.91 Å². The number of rotatable bonds is 5. The number of carbonyl (C=O) groups excluding carboxylic acids is 1. The molecule has 1 amide bonds. The minimum Gasteiger partial charge on any atom is -0.352 e. The van der Waals surface area contributed by atoms with E-state index >= 15 is 0 Å². The van der Waals surface area contributed by atoms with Gasteiger partial charge in [0.05, 0.1) is 4.34 Å². The summed E-state index contributed by atoms with van der Waals surface area (Å²) in [6, 6.07) is 4.31. The summed E-state index contributed by atoms with van der Waals surface area (Å²) < 4.78 is 0.845. The van der Waals surface area contributed by atoms with E-state index in [0.717, 1.165) is 30.3 Å². The summed E-state index contributed by atoms with van der Waals surface area (Å²) in [5.41, 5.74) is 0. The van der Waals surface area contributed by atoms with Crippen molar-refractivity contribution >= 4 is 28.8 Å². The summed E-state index contributed by atoms with van der Waals surface area (Å²) in [5.74, 6) is 0.178. The Morgan fingerprint density at radius 1 is 1.56 bits per heavy atom. The molecule has 2 rings (SSSR count). The first-order valence-corrected chi connectivity index (χ1v) is 6.68. The summed E-state index contributed by atoms with van der Waals surface area (Å²) >= 11 is 7.47. The molecule has 1 aromatic rings. The lowest BCUT2D eigenvalue weighted by molar-refractivity contribution is -0.119. The zero-order valence-electron chi connectivity index (χ0n) is 8.96. The molecule has 0 aliphatic carbocycles. The van der Waals surface area contributed by atoms with Gasteiger partial charge in [0.15, 0.2) is 0 Å². The van der Waals surface area contributed by atoms with Crippen LogP contribution in [0, 0.1) is 0 Å². The van der Waals surface area contributed by atoms with Gasteiger partial charge in [-0.1, -0.05) is 11.6 Å². The van der Waals surface area contributed by atoms with Crippen LogP contribution in [-0.2, 0) is 11.2 Å². The summed E-state index contributed by atoms with van der Waals surface area (Å²) in [4.78, 5) is 12.3. The fraction of sp³-hybridized carbons (Fsp3) is 0.545. The zero-order valence-corrected chi connectivity index (χ0v) is 10.5. The number of nitrogens with one attached hydrogen (secondary N) is 2. The molecule has 0 radical (unpaired) electrons. The lowest BCUT2D eigenvalue weighted by atomic mass is 10.2. The third-order valence-electron chi connectivity index (χ3n) is 2.65. The highest BCUT2D eigenvalue weighted by atomic mass is 35.5. The van der Waals surface area contributed by atoms with Crippen molar-refractivity contribution in [2.45, 2.75) is 25.3 Å². The molecule has 5 heteroatoms. The minimum absolute atomic E-state index is 0.178. The van der Waals surface area contributed by atoms with Gasteiger partial charge in [-0.15, -0.1) is 11.3 Å². The highest BCUT2D eigenvalue weighted by Gasteiger charge is 2.19. The lowest BCUT2D eigenvalue weighted by Crippen LogP contribution is -2.36. The smallest absolute Gasteiger partial charge is 0.220 e. The summed E-state index contributed by atoms with van der Waals surface area (Å²) in [6.45, 7) is 1.80. The molecule has 1 aliphatic heterocycles. The van der Waals surface area contributed by atoms with Crippen molar-refractivity contribution < 1.29 is 4.79 Å². The van der Waals surface area contributed by atoms with Gasteiger partial charge in [-0.05, 0) is 25.0 Å². The third kappa shape index (κ3) is 3.47. The second-order valence-electron chi connectivity index (χ2n) is 3.96. The molecule has 2 heterocycles. The average Bonchev–Trinajstić information content (AvgIpc) is 2.83. The Balaban J connectivity index is 1.60.